The number of halogens is 1. The average Bonchev–Trinajstić information content (AvgIpc) is 2.48. The molecule has 0 spiro atoms. The van der Waals surface area contributed by atoms with E-state index in [1.165, 1.54) is 38.5 Å². The van der Waals surface area contributed by atoms with Gasteiger partial charge in [-0.3, -0.25) is 0 Å². The van der Waals surface area contributed by atoms with Gasteiger partial charge in [-0.05, 0) is 36.4 Å². The summed E-state index contributed by atoms with van der Waals surface area (Å²) >= 11 is 0. The van der Waals surface area contributed by atoms with Gasteiger partial charge in [0.2, 0.25) is 0 Å². The van der Waals surface area contributed by atoms with Crippen molar-refractivity contribution in [2.45, 2.75) is 64.7 Å². The molecule has 2 rings (SSSR count). The summed E-state index contributed by atoms with van der Waals surface area (Å²) < 4.78 is 14.2. The van der Waals surface area contributed by atoms with Crippen LogP contribution in [0, 0.1) is 11.2 Å². The molecule has 0 aromatic heterocycles. The Hall–Kier alpha value is -0.890. The number of hydrogen-bond acceptors (Lipinski definition) is 1. The van der Waals surface area contributed by atoms with Crippen LogP contribution in [0.1, 0.15) is 70.3 Å². The third-order valence-electron chi connectivity index (χ3n) is 5.19. The highest BCUT2D eigenvalue weighted by Crippen LogP contribution is 2.45. The van der Waals surface area contributed by atoms with Crippen molar-refractivity contribution in [3.63, 3.8) is 0 Å². The van der Waals surface area contributed by atoms with Crippen LogP contribution in [0.2, 0.25) is 0 Å². The molecule has 1 saturated heterocycles. The Labute approximate surface area is 129 Å². The highest BCUT2D eigenvalue weighted by atomic mass is 19.1. The van der Waals surface area contributed by atoms with Crippen LogP contribution in [0.3, 0.4) is 0 Å². The number of benzene rings is 1. The van der Waals surface area contributed by atoms with Gasteiger partial charge in [-0.25, -0.2) is 4.39 Å². The minimum atomic E-state index is -0.0385. The molecule has 0 saturated carbocycles. The molecule has 2 heteroatoms. The van der Waals surface area contributed by atoms with Gasteiger partial charge in [-0.15, -0.1) is 0 Å². The van der Waals surface area contributed by atoms with E-state index >= 15 is 0 Å². The molecule has 2 atom stereocenters. The molecule has 1 aliphatic heterocycles. The molecule has 1 nitrogen and oxygen atoms in total. The van der Waals surface area contributed by atoms with Crippen molar-refractivity contribution in [3.05, 3.63) is 35.6 Å². The van der Waals surface area contributed by atoms with Crippen LogP contribution in [-0.2, 0) is 0 Å². The zero-order chi connectivity index (χ0) is 15.1. The first kappa shape index (κ1) is 16.5. The van der Waals surface area contributed by atoms with E-state index in [0.29, 0.717) is 5.92 Å². The summed E-state index contributed by atoms with van der Waals surface area (Å²) in [7, 11) is 0. The minimum Gasteiger partial charge on any atom is -0.316 e. The monoisotopic (exact) mass is 291 g/mol. The number of piperidine rings is 1. The van der Waals surface area contributed by atoms with Gasteiger partial charge in [-0.1, -0.05) is 64.2 Å². The summed E-state index contributed by atoms with van der Waals surface area (Å²) in [5.74, 6) is 0.266. The van der Waals surface area contributed by atoms with E-state index < -0.39 is 0 Å². The highest BCUT2D eigenvalue weighted by Gasteiger charge is 2.37. The number of rotatable bonds is 7. The van der Waals surface area contributed by atoms with E-state index in [1.807, 2.05) is 12.1 Å². The zero-order valence-electron chi connectivity index (χ0n) is 13.6. The second-order valence-corrected chi connectivity index (χ2v) is 6.85. The molecule has 1 N–H and O–H groups in total. The van der Waals surface area contributed by atoms with Crippen molar-refractivity contribution in [1.29, 1.82) is 0 Å². The van der Waals surface area contributed by atoms with Gasteiger partial charge in [-0.2, -0.15) is 0 Å². The maximum Gasteiger partial charge on any atom is 0.126 e. The van der Waals surface area contributed by atoms with Gasteiger partial charge >= 0.3 is 0 Å². The van der Waals surface area contributed by atoms with Gasteiger partial charge < -0.3 is 5.32 Å². The Balaban J connectivity index is 2.02. The molecule has 0 aliphatic carbocycles. The summed E-state index contributed by atoms with van der Waals surface area (Å²) in [5, 5.41) is 3.46. The lowest BCUT2D eigenvalue weighted by Gasteiger charge is -2.42. The van der Waals surface area contributed by atoms with E-state index in [9.17, 15) is 4.39 Å². The quantitative estimate of drug-likeness (QED) is 0.675. The maximum atomic E-state index is 14.2. The molecular weight excluding hydrogens is 261 g/mol. The molecule has 118 valence electrons. The van der Waals surface area contributed by atoms with Crippen LogP contribution in [0.4, 0.5) is 4.39 Å². The van der Waals surface area contributed by atoms with Crippen molar-refractivity contribution in [2.75, 3.05) is 13.1 Å². The van der Waals surface area contributed by atoms with Crippen LogP contribution >= 0.6 is 0 Å². The fourth-order valence-electron chi connectivity index (χ4n) is 3.72. The Bertz CT molecular complexity index is 431. The Kier molecular flexibility index (Phi) is 6.22. The highest BCUT2D eigenvalue weighted by molar-refractivity contribution is 5.25. The second-order valence-electron chi connectivity index (χ2n) is 6.85. The van der Waals surface area contributed by atoms with Gasteiger partial charge in [0.1, 0.15) is 5.82 Å². The van der Waals surface area contributed by atoms with Crippen LogP contribution in [0.5, 0.6) is 0 Å². The van der Waals surface area contributed by atoms with Crippen molar-refractivity contribution in [1.82, 2.24) is 5.32 Å². The number of hydrogen-bond donors (Lipinski definition) is 1. The third kappa shape index (κ3) is 4.29. The largest absolute Gasteiger partial charge is 0.316 e. The lowest BCUT2D eigenvalue weighted by Crippen LogP contribution is -2.42. The average molecular weight is 291 g/mol. The maximum absolute atomic E-state index is 14.2. The fourth-order valence-corrected chi connectivity index (χ4v) is 3.72. The topological polar surface area (TPSA) is 12.0 Å². The predicted octanol–water partition coefficient (Wildman–Crippen LogP) is 5.27. The predicted molar refractivity (Wildman–Crippen MR) is 88.1 cm³/mol. The standard InChI is InChI=1S/C19H30FN/c1-3-4-5-6-9-12-19(2)13-14-21-15-17(19)16-10-7-8-11-18(16)20/h7-8,10-11,17,21H,3-6,9,12-15H2,1-2H3. The molecule has 0 bridgehead atoms. The fraction of sp³-hybridized carbons (Fsp3) is 0.684. The number of nitrogens with one attached hydrogen (secondary N) is 1. The zero-order valence-corrected chi connectivity index (χ0v) is 13.6. The minimum absolute atomic E-state index is 0.0385. The van der Waals surface area contributed by atoms with E-state index in [4.69, 9.17) is 0 Å². The van der Waals surface area contributed by atoms with Gasteiger partial charge in [0, 0.05) is 12.5 Å². The van der Waals surface area contributed by atoms with Crippen molar-refractivity contribution in [3.8, 4) is 0 Å². The lowest BCUT2D eigenvalue weighted by molar-refractivity contribution is 0.164. The van der Waals surface area contributed by atoms with Crippen LogP contribution in [-0.4, -0.2) is 13.1 Å². The summed E-state index contributed by atoms with van der Waals surface area (Å²) in [6.45, 7) is 6.59. The molecule has 2 unspecified atom stereocenters. The molecule has 1 heterocycles. The van der Waals surface area contributed by atoms with Crippen LogP contribution < -0.4 is 5.32 Å². The van der Waals surface area contributed by atoms with Crippen LogP contribution in [0.15, 0.2) is 24.3 Å². The first-order chi connectivity index (χ1) is 10.2. The van der Waals surface area contributed by atoms with E-state index in [0.717, 1.165) is 25.1 Å². The van der Waals surface area contributed by atoms with Crippen molar-refractivity contribution >= 4 is 0 Å². The summed E-state index contributed by atoms with van der Waals surface area (Å²) in [4.78, 5) is 0. The van der Waals surface area contributed by atoms with Gasteiger partial charge in [0.05, 0.1) is 0 Å². The van der Waals surface area contributed by atoms with Crippen LogP contribution in [0.25, 0.3) is 0 Å². The molecule has 0 amide bonds. The van der Waals surface area contributed by atoms with Gasteiger partial charge in [0.25, 0.3) is 0 Å². The first-order valence-electron chi connectivity index (χ1n) is 8.62. The normalized spacial score (nSPS) is 26.0. The third-order valence-corrected chi connectivity index (χ3v) is 5.19. The smallest absolute Gasteiger partial charge is 0.126 e. The number of unbranched alkanes of at least 4 members (excludes halogenated alkanes) is 4. The van der Waals surface area contributed by atoms with Crippen molar-refractivity contribution < 1.29 is 4.39 Å². The molecule has 1 aromatic carbocycles. The summed E-state index contributed by atoms with van der Waals surface area (Å²) in [5.41, 5.74) is 1.14. The van der Waals surface area contributed by atoms with E-state index in [1.54, 1.807) is 12.1 Å². The van der Waals surface area contributed by atoms with Gasteiger partial charge in [0.15, 0.2) is 0 Å². The van der Waals surface area contributed by atoms with E-state index in [2.05, 4.69) is 19.2 Å². The molecule has 1 aromatic rings. The molecular formula is C19H30FN. The molecule has 21 heavy (non-hydrogen) atoms. The summed E-state index contributed by atoms with van der Waals surface area (Å²) in [6, 6.07) is 7.33. The molecule has 0 radical (unpaired) electrons. The first-order valence-corrected chi connectivity index (χ1v) is 8.62. The second kappa shape index (κ2) is 7.93. The molecule has 1 fully saturated rings. The Morgan fingerprint density at radius 2 is 1.95 bits per heavy atom. The molecule has 1 aliphatic rings. The Morgan fingerprint density at radius 1 is 1.19 bits per heavy atom. The summed E-state index contributed by atoms with van der Waals surface area (Å²) in [6.07, 6.45) is 8.95. The lowest BCUT2D eigenvalue weighted by atomic mass is 9.66. The Morgan fingerprint density at radius 3 is 2.71 bits per heavy atom. The van der Waals surface area contributed by atoms with Crippen molar-refractivity contribution in [2.24, 2.45) is 5.41 Å². The SMILES string of the molecule is CCCCCCCC1(C)CCNCC1c1ccccc1F. The van der Waals surface area contributed by atoms with E-state index in [-0.39, 0.29) is 11.2 Å².